The topological polar surface area (TPSA) is 26.3 Å². The van der Waals surface area contributed by atoms with Crippen LogP contribution in [0.3, 0.4) is 0 Å². The van der Waals surface area contributed by atoms with Crippen molar-refractivity contribution in [2.24, 2.45) is 0 Å². The van der Waals surface area contributed by atoms with Gasteiger partial charge in [0.2, 0.25) is 0 Å². The van der Waals surface area contributed by atoms with Gasteiger partial charge in [-0.2, -0.15) is 24.3 Å². The molecule has 0 amide bonds. The normalized spacial score (nSPS) is 9.52. The van der Waals surface area contributed by atoms with Crippen LogP contribution in [0, 0.1) is 0 Å². The van der Waals surface area contributed by atoms with Gasteiger partial charge < -0.3 is 8.83 Å². The molecule has 2 aromatic carbocycles. The molecule has 0 atom stereocenters. The van der Waals surface area contributed by atoms with E-state index in [2.05, 4.69) is 6.07 Å². The fraction of sp³-hybridized carbons (Fsp3) is 0. The van der Waals surface area contributed by atoms with E-state index >= 15 is 0 Å². The molecule has 4 aromatic rings. The second-order valence-electron chi connectivity index (χ2n) is 4.31. The minimum Gasteiger partial charge on any atom is -0.485 e. The Balaban J connectivity index is 0.000000231. The third-order valence-electron chi connectivity index (χ3n) is 2.92. The largest absolute Gasteiger partial charge is 2.00 e. The molecule has 0 spiro atoms. The van der Waals surface area contributed by atoms with E-state index in [9.17, 15) is 0 Å². The van der Waals surface area contributed by atoms with Crippen LogP contribution in [0.1, 0.15) is 0 Å². The molecule has 3 heteroatoms. The number of hydrogen-bond donors (Lipinski definition) is 0. The summed E-state index contributed by atoms with van der Waals surface area (Å²) in [5.74, 6) is 1.76. The van der Waals surface area contributed by atoms with Crippen LogP contribution in [0.4, 0.5) is 0 Å². The van der Waals surface area contributed by atoms with Crippen molar-refractivity contribution in [3.8, 4) is 22.6 Å². The first-order valence-electron chi connectivity index (χ1n) is 6.45. The van der Waals surface area contributed by atoms with E-state index in [-0.39, 0.29) is 17.1 Å². The van der Waals surface area contributed by atoms with Crippen molar-refractivity contribution in [3.63, 3.8) is 0 Å². The Morgan fingerprint density at radius 2 is 1.62 bits per heavy atom. The predicted octanol–water partition coefficient (Wildman–Crippen LogP) is 5.33. The molecule has 0 saturated carbocycles. The molecular formula is C18H14FeO2. The van der Waals surface area contributed by atoms with Crippen molar-refractivity contribution in [2.75, 3.05) is 0 Å². The summed E-state index contributed by atoms with van der Waals surface area (Å²) in [6.45, 7) is 0. The summed E-state index contributed by atoms with van der Waals surface area (Å²) in [5, 5.41) is 0. The second kappa shape index (κ2) is 7.53. The third-order valence-corrected chi connectivity index (χ3v) is 2.92. The smallest absolute Gasteiger partial charge is 0.485 e. The molecule has 0 N–H and O–H groups in total. The molecule has 21 heavy (non-hydrogen) atoms. The maximum absolute atomic E-state index is 5.32. The van der Waals surface area contributed by atoms with Crippen LogP contribution < -0.4 is 0 Å². The van der Waals surface area contributed by atoms with Crippen LogP contribution >= 0.6 is 0 Å². The summed E-state index contributed by atoms with van der Waals surface area (Å²) in [6.07, 6.45) is 3.35. The molecule has 0 fully saturated rings. The molecule has 2 nitrogen and oxygen atoms in total. The summed E-state index contributed by atoms with van der Waals surface area (Å²) in [7, 11) is 0. The Morgan fingerprint density at radius 1 is 0.857 bits per heavy atom. The maximum atomic E-state index is 5.32. The number of furan rings is 2. The van der Waals surface area contributed by atoms with Crippen LogP contribution in [-0.4, -0.2) is 0 Å². The Morgan fingerprint density at radius 3 is 2.19 bits per heavy atom. The third kappa shape index (κ3) is 3.88. The summed E-state index contributed by atoms with van der Waals surface area (Å²) >= 11 is 0. The van der Waals surface area contributed by atoms with Gasteiger partial charge in [-0.15, -0.1) is 12.1 Å². The minimum absolute atomic E-state index is 0. The fourth-order valence-corrected chi connectivity index (χ4v) is 1.96. The molecule has 0 radical (unpaired) electrons. The van der Waals surface area contributed by atoms with E-state index in [1.165, 1.54) is 0 Å². The van der Waals surface area contributed by atoms with Crippen molar-refractivity contribution >= 4 is 0 Å². The first-order valence-corrected chi connectivity index (χ1v) is 6.45. The van der Waals surface area contributed by atoms with Gasteiger partial charge in [0, 0.05) is 0 Å². The van der Waals surface area contributed by atoms with Crippen LogP contribution in [0.25, 0.3) is 22.6 Å². The van der Waals surface area contributed by atoms with Crippen molar-refractivity contribution in [3.05, 3.63) is 85.3 Å². The average Bonchev–Trinajstić information content (AvgIpc) is 3.29. The summed E-state index contributed by atoms with van der Waals surface area (Å²) in [4.78, 5) is 0. The standard InChI is InChI=1S/C13H9O2.C5H5.Fe/c1-3-12(14-7-1)10-5-6-11(9-10)13-4-2-8-15-13;1-2-4-5-3-1;/h1-9H;1-5H;/q2*-1;+2. The maximum Gasteiger partial charge on any atom is 2.00 e. The average molecular weight is 318 g/mol. The molecule has 106 valence electrons. The van der Waals surface area contributed by atoms with E-state index in [0.29, 0.717) is 0 Å². The van der Waals surface area contributed by atoms with E-state index in [0.717, 1.165) is 22.6 Å². The fourth-order valence-electron chi connectivity index (χ4n) is 1.96. The summed E-state index contributed by atoms with van der Waals surface area (Å²) in [6, 6.07) is 23.8. The second-order valence-corrected chi connectivity index (χ2v) is 4.31. The van der Waals surface area contributed by atoms with Gasteiger partial charge in [-0.25, -0.2) is 12.1 Å². The number of rotatable bonds is 2. The van der Waals surface area contributed by atoms with Gasteiger partial charge in [0.15, 0.2) is 0 Å². The molecule has 0 saturated heterocycles. The van der Waals surface area contributed by atoms with E-state index in [4.69, 9.17) is 8.83 Å². The van der Waals surface area contributed by atoms with Gasteiger partial charge in [-0.3, -0.25) is 0 Å². The predicted molar refractivity (Wildman–Crippen MR) is 79.5 cm³/mol. The minimum atomic E-state index is 0. The van der Waals surface area contributed by atoms with E-state index in [1.807, 2.05) is 66.7 Å². The van der Waals surface area contributed by atoms with Crippen molar-refractivity contribution in [1.82, 2.24) is 0 Å². The van der Waals surface area contributed by atoms with E-state index < -0.39 is 0 Å². The molecule has 4 rings (SSSR count). The molecule has 0 aliphatic heterocycles. The van der Waals surface area contributed by atoms with Crippen LogP contribution in [0.15, 0.2) is 94.2 Å². The van der Waals surface area contributed by atoms with Crippen LogP contribution in [0.5, 0.6) is 0 Å². The van der Waals surface area contributed by atoms with Gasteiger partial charge in [0.05, 0.1) is 24.0 Å². The van der Waals surface area contributed by atoms with Crippen LogP contribution in [-0.2, 0) is 17.1 Å². The monoisotopic (exact) mass is 318 g/mol. The SMILES string of the molecule is [Fe+2].c1cc[cH-]c1.c1coc(-c2cc[c-](-c3ccco3)c2)c1. The molecule has 2 aromatic heterocycles. The Kier molecular flexibility index (Phi) is 5.44. The molecule has 0 aliphatic carbocycles. The zero-order valence-corrected chi connectivity index (χ0v) is 12.4. The molecule has 0 aliphatic rings. The van der Waals surface area contributed by atoms with Crippen molar-refractivity contribution in [1.29, 1.82) is 0 Å². The van der Waals surface area contributed by atoms with Gasteiger partial charge >= 0.3 is 17.1 Å². The Bertz CT molecular complexity index is 635. The van der Waals surface area contributed by atoms with E-state index in [1.54, 1.807) is 12.5 Å². The van der Waals surface area contributed by atoms with Crippen molar-refractivity contribution in [2.45, 2.75) is 0 Å². The Labute approximate surface area is 134 Å². The zero-order valence-electron chi connectivity index (χ0n) is 11.3. The summed E-state index contributed by atoms with van der Waals surface area (Å²) < 4.78 is 10.6. The van der Waals surface area contributed by atoms with Gasteiger partial charge in [0.1, 0.15) is 0 Å². The molecule has 0 unspecified atom stereocenters. The first-order chi connectivity index (χ1) is 9.93. The van der Waals surface area contributed by atoms with Gasteiger partial charge in [0.25, 0.3) is 0 Å². The Hall–Kier alpha value is -2.22. The molecule has 2 heterocycles. The van der Waals surface area contributed by atoms with Gasteiger partial charge in [-0.05, 0) is 12.1 Å². The quantitative estimate of drug-likeness (QED) is 0.369. The van der Waals surface area contributed by atoms with Crippen LogP contribution in [0.2, 0.25) is 0 Å². The zero-order chi connectivity index (χ0) is 13.6. The van der Waals surface area contributed by atoms with Gasteiger partial charge in [-0.1, -0.05) is 23.3 Å². The van der Waals surface area contributed by atoms with Crippen molar-refractivity contribution < 1.29 is 25.9 Å². The summed E-state index contributed by atoms with van der Waals surface area (Å²) in [5.41, 5.74) is 2.15. The molecular weight excluding hydrogens is 304 g/mol. The number of hydrogen-bond acceptors (Lipinski definition) is 2. The first kappa shape index (κ1) is 15.2. The molecule has 0 bridgehead atoms.